The molecule has 8 nitrogen and oxygen atoms in total. The van der Waals surface area contributed by atoms with Crippen molar-refractivity contribution in [3.8, 4) is 5.75 Å². The minimum absolute atomic E-state index is 0.000466. The van der Waals surface area contributed by atoms with E-state index in [4.69, 9.17) is 4.74 Å². The number of amides is 1. The number of nitrogens with one attached hydrogen (secondary N) is 1. The third-order valence-electron chi connectivity index (χ3n) is 4.89. The zero-order chi connectivity index (χ0) is 20.8. The molecule has 0 bridgehead atoms. The molecule has 3 heterocycles. The Labute approximate surface area is 175 Å². The van der Waals surface area contributed by atoms with Crippen molar-refractivity contribution in [1.82, 2.24) is 20.1 Å². The molecule has 4 rings (SSSR count). The highest BCUT2D eigenvalue weighted by Gasteiger charge is 2.26. The van der Waals surface area contributed by atoms with Gasteiger partial charge in [0.25, 0.3) is 5.91 Å². The number of piperazine rings is 1. The van der Waals surface area contributed by atoms with Gasteiger partial charge in [-0.15, -0.1) is 10.2 Å². The lowest BCUT2D eigenvalue weighted by atomic mass is 10.2. The largest absolute Gasteiger partial charge is 0.481 e. The van der Waals surface area contributed by atoms with Crippen molar-refractivity contribution in [2.45, 2.75) is 13.0 Å². The molecule has 1 atom stereocenters. The molecule has 0 unspecified atom stereocenters. The molecular formula is C22H24N6O2. The Morgan fingerprint density at radius 1 is 0.933 bits per heavy atom. The van der Waals surface area contributed by atoms with Crippen LogP contribution < -0.4 is 15.0 Å². The fourth-order valence-corrected chi connectivity index (χ4v) is 3.30. The second kappa shape index (κ2) is 9.21. The number of carbonyl (C=O) groups is 1. The van der Waals surface area contributed by atoms with Gasteiger partial charge < -0.3 is 19.9 Å². The van der Waals surface area contributed by atoms with Crippen LogP contribution in [0, 0.1) is 0 Å². The van der Waals surface area contributed by atoms with Crippen molar-refractivity contribution >= 4 is 23.4 Å². The maximum absolute atomic E-state index is 12.7. The van der Waals surface area contributed by atoms with Gasteiger partial charge in [0.1, 0.15) is 11.6 Å². The van der Waals surface area contributed by atoms with Crippen LogP contribution in [-0.4, -0.2) is 58.3 Å². The Balaban J connectivity index is 1.29. The van der Waals surface area contributed by atoms with Gasteiger partial charge in [-0.05, 0) is 43.3 Å². The van der Waals surface area contributed by atoms with E-state index in [0.717, 1.165) is 11.6 Å². The summed E-state index contributed by atoms with van der Waals surface area (Å²) >= 11 is 0. The van der Waals surface area contributed by atoms with Crippen LogP contribution in [0.1, 0.15) is 6.92 Å². The Kier molecular flexibility index (Phi) is 6.03. The smallest absolute Gasteiger partial charge is 0.263 e. The first-order valence-electron chi connectivity index (χ1n) is 9.96. The first-order valence-corrected chi connectivity index (χ1v) is 9.96. The molecular weight excluding hydrogens is 380 g/mol. The highest BCUT2D eigenvalue weighted by atomic mass is 16.5. The maximum Gasteiger partial charge on any atom is 0.263 e. The topological polar surface area (TPSA) is 83.5 Å². The Morgan fingerprint density at radius 3 is 2.37 bits per heavy atom. The van der Waals surface area contributed by atoms with Crippen molar-refractivity contribution in [2.24, 2.45) is 0 Å². The lowest BCUT2D eigenvalue weighted by Gasteiger charge is -2.36. The molecule has 1 N–H and O–H groups in total. The van der Waals surface area contributed by atoms with Gasteiger partial charge in [-0.1, -0.05) is 24.3 Å². The molecule has 1 aliphatic rings. The predicted octanol–water partition coefficient (Wildman–Crippen LogP) is 2.73. The number of rotatable bonds is 6. The average molecular weight is 404 g/mol. The summed E-state index contributed by atoms with van der Waals surface area (Å²) < 4.78 is 5.76. The number of para-hydroxylation sites is 1. The SMILES string of the molecule is C[C@@H](Oc1ccccc1)C(=O)N1CCN(c2ccc(Nc3ccccn3)nn2)CC1. The summed E-state index contributed by atoms with van der Waals surface area (Å²) in [5, 5.41) is 11.7. The number of anilines is 3. The summed E-state index contributed by atoms with van der Waals surface area (Å²) in [6.45, 7) is 4.44. The van der Waals surface area contributed by atoms with Gasteiger partial charge in [0, 0.05) is 32.4 Å². The van der Waals surface area contributed by atoms with Crippen LogP contribution in [0.25, 0.3) is 0 Å². The number of benzene rings is 1. The average Bonchev–Trinajstić information content (AvgIpc) is 2.80. The van der Waals surface area contributed by atoms with Gasteiger partial charge in [-0.2, -0.15) is 0 Å². The highest BCUT2D eigenvalue weighted by molar-refractivity contribution is 5.81. The minimum atomic E-state index is -0.518. The fourth-order valence-electron chi connectivity index (χ4n) is 3.30. The number of hydrogen-bond donors (Lipinski definition) is 1. The summed E-state index contributed by atoms with van der Waals surface area (Å²) in [5.74, 6) is 2.85. The van der Waals surface area contributed by atoms with Crippen LogP contribution in [-0.2, 0) is 4.79 Å². The van der Waals surface area contributed by atoms with E-state index < -0.39 is 6.10 Å². The molecule has 1 aromatic carbocycles. The number of ether oxygens (including phenoxy) is 1. The molecule has 1 aliphatic heterocycles. The molecule has 0 saturated carbocycles. The molecule has 30 heavy (non-hydrogen) atoms. The number of pyridine rings is 1. The van der Waals surface area contributed by atoms with E-state index in [1.165, 1.54) is 0 Å². The summed E-state index contributed by atoms with van der Waals surface area (Å²) in [4.78, 5) is 20.9. The van der Waals surface area contributed by atoms with E-state index >= 15 is 0 Å². The molecule has 0 radical (unpaired) electrons. The molecule has 154 valence electrons. The zero-order valence-electron chi connectivity index (χ0n) is 16.8. The number of carbonyl (C=O) groups excluding carboxylic acids is 1. The molecule has 8 heteroatoms. The van der Waals surface area contributed by atoms with Crippen LogP contribution >= 0.6 is 0 Å². The van der Waals surface area contributed by atoms with Gasteiger partial charge in [-0.25, -0.2) is 4.98 Å². The van der Waals surface area contributed by atoms with Crippen molar-refractivity contribution in [2.75, 3.05) is 36.4 Å². The van der Waals surface area contributed by atoms with Crippen molar-refractivity contribution in [3.63, 3.8) is 0 Å². The molecule has 1 amide bonds. The van der Waals surface area contributed by atoms with Crippen molar-refractivity contribution in [1.29, 1.82) is 0 Å². The molecule has 3 aromatic rings. The second-order valence-corrected chi connectivity index (χ2v) is 7.00. The summed E-state index contributed by atoms with van der Waals surface area (Å²) in [5.41, 5.74) is 0. The number of hydrogen-bond acceptors (Lipinski definition) is 7. The summed E-state index contributed by atoms with van der Waals surface area (Å²) in [7, 11) is 0. The van der Waals surface area contributed by atoms with Gasteiger partial charge in [-0.3, -0.25) is 4.79 Å². The first kappa shape index (κ1) is 19.6. The van der Waals surface area contributed by atoms with Gasteiger partial charge in [0.05, 0.1) is 0 Å². The summed E-state index contributed by atoms with van der Waals surface area (Å²) in [6, 6.07) is 18.9. The lowest BCUT2D eigenvalue weighted by Crippen LogP contribution is -2.52. The van der Waals surface area contributed by atoms with E-state index in [-0.39, 0.29) is 5.91 Å². The number of aromatic nitrogens is 3. The molecule has 0 aliphatic carbocycles. The van der Waals surface area contributed by atoms with Crippen LogP contribution in [0.5, 0.6) is 5.75 Å². The first-order chi connectivity index (χ1) is 14.7. The van der Waals surface area contributed by atoms with E-state index in [1.807, 2.05) is 65.6 Å². The lowest BCUT2D eigenvalue weighted by molar-refractivity contribution is -0.138. The Morgan fingerprint density at radius 2 is 1.70 bits per heavy atom. The Hall–Kier alpha value is -3.68. The van der Waals surface area contributed by atoms with E-state index in [0.29, 0.717) is 37.7 Å². The third-order valence-corrected chi connectivity index (χ3v) is 4.89. The molecule has 1 saturated heterocycles. The monoisotopic (exact) mass is 404 g/mol. The minimum Gasteiger partial charge on any atom is -0.481 e. The predicted molar refractivity (Wildman–Crippen MR) is 115 cm³/mol. The molecule has 1 fully saturated rings. The fraction of sp³-hybridized carbons (Fsp3) is 0.273. The maximum atomic E-state index is 12.7. The van der Waals surface area contributed by atoms with Crippen LogP contribution in [0.15, 0.2) is 66.9 Å². The molecule has 2 aromatic heterocycles. The van der Waals surface area contributed by atoms with E-state index in [1.54, 1.807) is 13.1 Å². The van der Waals surface area contributed by atoms with Gasteiger partial charge >= 0.3 is 0 Å². The second-order valence-electron chi connectivity index (χ2n) is 7.00. The van der Waals surface area contributed by atoms with Crippen LogP contribution in [0.2, 0.25) is 0 Å². The van der Waals surface area contributed by atoms with Gasteiger partial charge in [0.15, 0.2) is 17.7 Å². The van der Waals surface area contributed by atoms with Crippen LogP contribution in [0.4, 0.5) is 17.5 Å². The normalized spacial score (nSPS) is 14.8. The quantitative estimate of drug-likeness (QED) is 0.676. The third kappa shape index (κ3) is 4.83. The number of nitrogens with zero attached hydrogens (tertiary/aromatic N) is 5. The van der Waals surface area contributed by atoms with Crippen molar-refractivity contribution in [3.05, 3.63) is 66.9 Å². The standard InChI is InChI=1S/C22H24N6O2/c1-17(30-18-7-3-2-4-8-18)22(29)28-15-13-27(14-16-28)21-11-10-20(25-26-21)24-19-9-5-6-12-23-19/h2-12,17H,13-16H2,1H3,(H,23,24,25)/t17-/m1/s1. The van der Waals surface area contributed by atoms with E-state index in [2.05, 4.69) is 25.4 Å². The Bertz CT molecular complexity index is 944. The highest BCUT2D eigenvalue weighted by Crippen LogP contribution is 2.18. The van der Waals surface area contributed by atoms with Crippen molar-refractivity contribution < 1.29 is 9.53 Å². The summed E-state index contributed by atoms with van der Waals surface area (Å²) in [6.07, 6.45) is 1.20. The van der Waals surface area contributed by atoms with E-state index in [9.17, 15) is 4.79 Å². The molecule has 0 spiro atoms. The van der Waals surface area contributed by atoms with Crippen LogP contribution in [0.3, 0.4) is 0 Å². The van der Waals surface area contributed by atoms with Gasteiger partial charge in [0.2, 0.25) is 0 Å². The zero-order valence-corrected chi connectivity index (χ0v) is 16.8.